The Morgan fingerprint density at radius 1 is 0.949 bits per heavy atom. The van der Waals surface area contributed by atoms with E-state index >= 15 is 0 Å². The summed E-state index contributed by atoms with van der Waals surface area (Å²) in [4.78, 5) is 17.5. The minimum atomic E-state index is -3.98. The predicted octanol–water partition coefficient (Wildman–Crippen LogP) is 4.09. The van der Waals surface area contributed by atoms with Gasteiger partial charge < -0.3 is 9.64 Å². The largest absolute Gasteiger partial charge is 0.495 e. The fraction of sp³-hybridized carbons (Fsp3) is 0.323. The van der Waals surface area contributed by atoms with Crippen molar-refractivity contribution in [3.05, 3.63) is 102 Å². The van der Waals surface area contributed by atoms with E-state index in [1.54, 1.807) is 17.0 Å². The van der Waals surface area contributed by atoms with Crippen LogP contribution >= 0.6 is 0 Å². The van der Waals surface area contributed by atoms with Gasteiger partial charge >= 0.3 is 0 Å². The Morgan fingerprint density at radius 3 is 2.28 bits per heavy atom. The number of rotatable bonds is 11. The first kappa shape index (κ1) is 28.5. The zero-order chi connectivity index (χ0) is 27.7. The molecule has 39 heavy (non-hydrogen) atoms. The number of hydrogen-bond donors (Lipinski definition) is 0. The third kappa shape index (κ3) is 7.79. The zero-order valence-corrected chi connectivity index (χ0v) is 23.5. The highest BCUT2D eigenvalue weighted by molar-refractivity contribution is 7.89. The summed E-state index contributed by atoms with van der Waals surface area (Å²) in [6.07, 6.45) is 4.75. The van der Waals surface area contributed by atoms with Crippen LogP contribution < -0.4 is 4.74 Å². The van der Waals surface area contributed by atoms with Crippen molar-refractivity contribution in [2.45, 2.75) is 18.2 Å². The molecule has 8 heteroatoms. The maximum absolute atomic E-state index is 13.9. The number of sulfonamides is 1. The lowest BCUT2D eigenvalue weighted by Gasteiger charge is -2.35. The maximum atomic E-state index is 13.9. The van der Waals surface area contributed by atoms with Gasteiger partial charge in [-0.05, 0) is 42.2 Å². The molecule has 0 aromatic heterocycles. The summed E-state index contributed by atoms with van der Waals surface area (Å²) in [6, 6.07) is 25.0. The molecule has 3 aromatic carbocycles. The SMILES string of the molecule is COc1ccc(C)cc1S(=O)(=O)N(CCc1ccccc1)CC(=O)N1CCN(C/C=C/c2ccccc2)CC1. The average molecular weight is 548 g/mol. The van der Waals surface area contributed by atoms with Gasteiger partial charge in [-0.2, -0.15) is 4.31 Å². The molecule has 1 amide bonds. The molecule has 0 saturated carbocycles. The molecule has 0 radical (unpaired) electrons. The van der Waals surface area contributed by atoms with Crippen LogP contribution in [0.25, 0.3) is 6.08 Å². The molecule has 0 atom stereocenters. The lowest BCUT2D eigenvalue weighted by molar-refractivity contribution is -0.133. The molecule has 0 N–H and O–H groups in total. The highest BCUT2D eigenvalue weighted by Gasteiger charge is 2.31. The third-order valence-electron chi connectivity index (χ3n) is 6.94. The van der Waals surface area contributed by atoms with Gasteiger partial charge in [0.15, 0.2) is 0 Å². The van der Waals surface area contributed by atoms with Crippen molar-refractivity contribution < 1.29 is 17.9 Å². The van der Waals surface area contributed by atoms with Crippen molar-refractivity contribution in [3.63, 3.8) is 0 Å². The average Bonchev–Trinajstić information content (AvgIpc) is 2.96. The number of carbonyl (C=O) groups is 1. The topological polar surface area (TPSA) is 70.2 Å². The van der Waals surface area contributed by atoms with Crippen LogP contribution in [0, 0.1) is 6.92 Å². The van der Waals surface area contributed by atoms with Gasteiger partial charge in [-0.1, -0.05) is 78.9 Å². The number of hydrogen-bond acceptors (Lipinski definition) is 5. The number of benzene rings is 3. The van der Waals surface area contributed by atoms with Crippen LogP contribution in [0.2, 0.25) is 0 Å². The summed E-state index contributed by atoms with van der Waals surface area (Å²) in [7, 11) is -2.52. The standard InChI is InChI=1S/C31H37N3O4S/c1-26-15-16-29(38-2)30(24-26)39(36,37)34(19-17-28-12-7-4-8-13-28)25-31(35)33-22-20-32(21-23-33)18-9-14-27-10-5-3-6-11-27/h3-16,24H,17-23,25H2,1-2H3/b14-9+. The first-order valence-corrected chi connectivity index (χ1v) is 14.7. The van der Waals surface area contributed by atoms with Crippen molar-refractivity contribution in [1.29, 1.82) is 0 Å². The molecule has 1 heterocycles. The molecule has 4 rings (SSSR count). The minimum Gasteiger partial charge on any atom is -0.495 e. The number of methoxy groups -OCH3 is 1. The lowest BCUT2D eigenvalue weighted by Crippen LogP contribution is -2.51. The number of aryl methyl sites for hydroxylation is 1. The summed E-state index contributed by atoms with van der Waals surface area (Å²) in [5, 5.41) is 0. The fourth-order valence-corrected chi connectivity index (χ4v) is 6.27. The van der Waals surface area contributed by atoms with E-state index < -0.39 is 10.0 Å². The van der Waals surface area contributed by atoms with Crippen molar-refractivity contribution in [2.24, 2.45) is 0 Å². The van der Waals surface area contributed by atoms with Crippen molar-refractivity contribution in [2.75, 3.05) is 52.9 Å². The molecule has 1 fully saturated rings. The lowest BCUT2D eigenvalue weighted by atomic mass is 10.1. The van der Waals surface area contributed by atoms with E-state index in [9.17, 15) is 13.2 Å². The highest BCUT2D eigenvalue weighted by Crippen LogP contribution is 2.28. The second-order valence-electron chi connectivity index (χ2n) is 9.72. The van der Waals surface area contributed by atoms with Crippen molar-refractivity contribution in [3.8, 4) is 5.75 Å². The van der Waals surface area contributed by atoms with Gasteiger partial charge in [-0.15, -0.1) is 0 Å². The van der Waals surface area contributed by atoms with Crippen LogP contribution in [0.5, 0.6) is 5.75 Å². The van der Waals surface area contributed by atoms with Gasteiger partial charge in [0, 0.05) is 39.3 Å². The Labute approximate surface area is 232 Å². The first-order valence-electron chi connectivity index (χ1n) is 13.3. The summed E-state index contributed by atoms with van der Waals surface area (Å²) in [5.74, 6) is 0.0904. The van der Waals surface area contributed by atoms with Crippen LogP contribution in [-0.2, 0) is 21.2 Å². The van der Waals surface area contributed by atoms with E-state index in [0.29, 0.717) is 19.5 Å². The third-order valence-corrected chi connectivity index (χ3v) is 8.81. The molecule has 0 spiro atoms. The van der Waals surface area contributed by atoms with Gasteiger partial charge in [0.1, 0.15) is 10.6 Å². The van der Waals surface area contributed by atoms with Crippen LogP contribution in [0.1, 0.15) is 16.7 Å². The predicted molar refractivity (Wildman–Crippen MR) is 155 cm³/mol. The van der Waals surface area contributed by atoms with Crippen LogP contribution in [0.15, 0.2) is 89.8 Å². The van der Waals surface area contributed by atoms with Crippen molar-refractivity contribution >= 4 is 22.0 Å². The molecule has 206 valence electrons. The Hall–Kier alpha value is -3.46. The number of nitrogens with zero attached hydrogens (tertiary/aromatic N) is 3. The quantitative estimate of drug-likeness (QED) is 0.362. The molecule has 0 aliphatic carbocycles. The Kier molecular flexibility index (Phi) is 9.92. The number of amides is 1. The normalized spacial score (nSPS) is 14.7. The smallest absolute Gasteiger partial charge is 0.247 e. The Balaban J connectivity index is 1.43. The summed E-state index contributed by atoms with van der Waals surface area (Å²) in [6.45, 7) is 5.26. The number of piperazine rings is 1. The fourth-order valence-electron chi connectivity index (χ4n) is 4.64. The van der Waals surface area contributed by atoms with Gasteiger partial charge in [-0.25, -0.2) is 8.42 Å². The first-order chi connectivity index (χ1) is 18.9. The molecule has 0 unspecified atom stereocenters. The molecule has 0 bridgehead atoms. The van der Waals surface area contributed by atoms with E-state index in [0.717, 1.165) is 36.3 Å². The van der Waals surface area contributed by atoms with E-state index in [2.05, 4.69) is 29.2 Å². The number of ether oxygens (including phenoxy) is 1. The summed E-state index contributed by atoms with van der Waals surface area (Å²) < 4.78 is 34.4. The van der Waals surface area contributed by atoms with E-state index in [-0.39, 0.29) is 29.6 Å². The van der Waals surface area contributed by atoms with Gasteiger partial charge in [0.25, 0.3) is 0 Å². The maximum Gasteiger partial charge on any atom is 0.247 e. The molecule has 1 saturated heterocycles. The summed E-state index contributed by atoms with van der Waals surface area (Å²) in [5.41, 5.74) is 2.98. The molecule has 1 aliphatic rings. The Bertz CT molecular complexity index is 1350. The Morgan fingerprint density at radius 2 is 1.62 bits per heavy atom. The monoisotopic (exact) mass is 547 g/mol. The van der Waals surface area contributed by atoms with Crippen molar-refractivity contribution in [1.82, 2.24) is 14.1 Å². The van der Waals surface area contributed by atoms with Crippen LogP contribution in [0.4, 0.5) is 0 Å². The second kappa shape index (κ2) is 13.6. The van der Waals surface area contributed by atoms with E-state index in [1.807, 2.05) is 61.5 Å². The number of carbonyl (C=O) groups excluding carboxylic acids is 1. The molecular weight excluding hydrogens is 510 g/mol. The highest BCUT2D eigenvalue weighted by atomic mass is 32.2. The van der Waals surface area contributed by atoms with Gasteiger partial charge in [0.2, 0.25) is 15.9 Å². The van der Waals surface area contributed by atoms with Gasteiger partial charge in [-0.3, -0.25) is 9.69 Å². The molecule has 3 aromatic rings. The van der Waals surface area contributed by atoms with E-state index in [4.69, 9.17) is 4.74 Å². The zero-order valence-electron chi connectivity index (χ0n) is 22.7. The minimum absolute atomic E-state index is 0.0842. The molecule has 1 aliphatic heterocycles. The van der Waals surface area contributed by atoms with E-state index in [1.165, 1.54) is 11.4 Å². The summed E-state index contributed by atoms with van der Waals surface area (Å²) >= 11 is 0. The second-order valence-corrected chi connectivity index (χ2v) is 11.6. The molecule has 7 nitrogen and oxygen atoms in total. The van der Waals surface area contributed by atoms with Crippen LogP contribution in [-0.4, -0.2) is 81.4 Å². The van der Waals surface area contributed by atoms with Gasteiger partial charge in [0.05, 0.1) is 13.7 Å². The van der Waals surface area contributed by atoms with Crippen LogP contribution in [0.3, 0.4) is 0 Å². The molecular formula is C31H37N3O4S.